The normalized spacial score (nSPS) is 17.7. The summed E-state index contributed by atoms with van der Waals surface area (Å²) in [6.07, 6.45) is 27.5. The molecule has 9 aromatic rings. The molecule has 286 valence electrons. The standard InChI is InChI=1S/C58H43NS/c1-3-14-38(15-4-1)40-26-30-44(31-27-40)59-55-24-12-11-22-52(55)58-51(23-13-25-56(58)59)53-35-42(57-36-43(37-60-57)39-16-5-2-6-17-39)29-32-45(53)41-28-33-50-48-20-8-7-18-46(48)47-19-9-10-21-49(47)54(50)34-41/h1,3-5,7-14,16-30,32-38,44H,2,6,15,31H2. The van der Waals surface area contributed by atoms with Crippen molar-refractivity contribution in [3.8, 4) is 32.7 Å². The number of benzene rings is 7. The Kier molecular flexibility index (Phi) is 8.52. The number of hydrogen-bond donors (Lipinski definition) is 0. The van der Waals surface area contributed by atoms with E-state index in [4.69, 9.17) is 0 Å². The maximum Gasteiger partial charge on any atom is 0.0560 e. The number of thiophene rings is 1. The van der Waals surface area contributed by atoms with E-state index in [-0.39, 0.29) is 6.04 Å². The lowest BCUT2D eigenvalue weighted by atomic mass is 9.87. The van der Waals surface area contributed by atoms with E-state index in [0.29, 0.717) is 5.92 Å². The monoisotopic (exact) mass is 785 g/mol. The van der Waals surface area contributed by atoms with Gasteiger partial charge in [-0.1, -0.05) is 164 Å². The fourth-order valence-corrected chi connectivity index (χ4v) is 11.2. The van der Waals surface area contributed by atoms with Crippen LogP contribution < -0.4 is 0 Å². The van der Waals surface area contributed by atoms with Crippen LogP contribution in [0.3, 0.4) is 0 Å². The lowest BCUT2D eigenvalue weighted by molar-refractivity contribution is 0.633. The highest BCUT2D eigenvalue weighted by atomic mass is 32.1. The second kappa shape index (κ2) is 14.5. The Morgan fingerprint density at radius 1 is 0.483 bits per heavy atom. The molecule has 0 radical (unpaired) electrons. The molecule has 0 bridgehead atoms. The molecule has 0 saturated carbocycles. The molecule has 0 saturated heterocycles. The van der Waals surface area contributed by atoms with Crippen LogP contribution in [-0.4, -0.2) is 4.57 Å². The Morgan fingerprint density at radius 2 is 1.23 bits per heavy atom. The molecular formula is C58H43NS. The Morgan fingerprint density at radius 3 is 1.98 bits per heavy atom. The molecule has 0 aliphatic heterocycles. The molecule has 2 heterocycles. The van der Waals surface area contributed by atoms with Crippen molar-refractivity contribution in [2.75, 3.05) is 0 Å². The topological polar surface area (TPSA) is 4.93 Å². The summed E-state index contributed by atoms with van der Waals surface area (Å²) in [5, 5.41) is 12.7. The third-order valence-corrected chi connectivity index (χ3v) is 14.1. The van der Waals surface area contributed by atoms with Gasteiger partial charge in [0.1, 0.15) is 0 Å². The van der Waals surface area contributed by atoms with Crippen LogP contribution in [-0.2, 0) is 0 Å². The molecule has 2 aromatic heterocycles. The number of allylic oxidation sites excluding steroid dienone is 12. The fourth-order valence-electron chi connectivity index (χ4n) is 10.3. The van der Waals surface area contributed by atoms with Crippen molar-refractivity contribution >= 4 is 71.0 Å². The smallest absolute Gasteiger partial charge is 0.0560 e. The number of aromatic nitrogens is 1. The van der Waals surface area contributed by atoms with Gasteiger partial charge in [0, 0.05) is 27.1 Å². The summed E-state index contributed by atoms with van der Waals surface area (Å²) in [5.74, 6) is 0.463. The minimum absolute atomic E-state index is 0.233. The average Bonchev–Trinajstić information content (AvgIpc) is 3.96. The van der Waals surface area contributed by atoms with Crippen molar-refractivity contribution in [3.05, 3.63) is 211 Å². The van der Waals surface area contributed by atoms with Crippen molar-refractivity contribution in [2.24, 2.45) is 5.92 Å². The van der Waals surface area contributed by atoms with Gasteiger partial charge in [-0.3, -0.25) is 0 Å². The summed E-state index contributed by atoms with van der Waals surface area (Å²) in [6, 6.07) is 50.8. The highest BCUT2D eigenvalue weighted by Crippen LogP contribution is 2.46. The highest BCUT2D eigenvalue weighted by Gasteiger charge is 2.23. The number of fused-ring (bicyclic) bond motifs is 9. The molecular weight excluding hydrogens is 743 g/mol. The van der Waals surface area contributed by atoms with Crippen LogP contribution >= 0.6 is 11.3 Å². The Hall–Kier alpha value is -6.74. The van der Waals surface area contributed by atoms with Crippen molar-refractivity contribution in [3.63, 3.8) is 0 Å². The first-order valence-electron chi connectivity index (χ1n) is 21.4. The first kappa shape index (κ1) is 35.2. The highest BCUT2D eigenvalue weighted by molar-refractivity contribution is 7.13. The Bertz CT molecular complexity index is 3350. The third kappa shape index (κ3) is 5.81. The zero-order valence-electron chi connectivity index (χ0n) is 33.4. The summed E-state index contributed by atoms with van der Waals surface area (Å²) in [4.78, 5) is 1.29. The Balaban J connectivity index is 1.07. The van der Waals surface area contributed by atoms with Crippen LogP contribution in [0.4, 0.5) is 0 Å². The van der Waals surface area contributed by atoms with Crippen molar-refractivity contribution in [1.82, 2.24) is 4.57 Å². The molecule has 7 aromatic carbocycles. The van der Waals surface area contributed by atoms with Gasteiger partial charge in [-0.15, -0.1) is 11.3 Å². The van der Waals surface area contributed by atoms with Crippen molar-refractivity contribution in [1.29, 1.82) is 0 Å². The van der Waals surface area contributed by atoms with E-state index in [1.54, 1.807) is 0 Å². The summed E-state index contributed by atoms with van der Waals surface area (Å²) in [5.41, 5.74) is 12.9. The lowest BCUT2D eigenvalue weighted by Gasteiger charge is -2.23. The predicted molar refractivity (Wildman–Crippen MR) is 260 cm³/mol. The maximum absolute atomic E-state index is 2.60. The molecule has 0 spiro atoms. The third-order valence-electron chi connectivity index (χ3n) is 13.2. The van der Waals surface area contributed by atoms with Crippen LogP contribution in [0, 0.1) is 5.92 Å². The van der Waals surface area contributed by atoms with Gasteiger partial charge in [0.05, 0.1) is 11.6 Å². The van der Waals surface area contributed by atoms with Gasteiger partial charge >= 0.3 is 0 Å². The first-order valence-corrected chi connectivity index (χ1v) is 22.3. The molecule has 2 unspecified atom stereocenters. The van der Waals surface area contributed by atoms with Gasteiger partial charge in [0.2, 0.25) is 0 Å². The summed E-state index contributed by atoms with van der Waals surface area (Å²) < 4.78 is 2.60. The van der Waals surface area contributed by atoms with Gasteiger partial charge in [-0.2, -0.15) is 0 Å². The van der Waals surface area contributed by atoms with E-state index in [1.165, 1.54) is 104 Å². The van der Waals surface area contributed by atoms with Crippen LogP contribution in [0.2, 0.25) is 0 Å². The SMILES string of the molecule is C1=CCC(C2=CCC(n3c4ccccc4c4c(-c5cc(-c6cc(C7=CCCC=C7)cs6)ccc5-c5ccc6c7ccccc7c7ccccc7c6c5)cccc43)C=C2)C=C1. The first-order chi connectivity index (χ1) is 29.8. The van der Waals surface area contributed by atoms with Gasteiger partial charge in [0.15, 0.2) is 0 Å². The van der Waals surface area contributed by atoms with Crippen molar-refractivity contribution < 1.29 is 0 Å². The van der Waals surface area contributed by atoms with Crippen LogP contribution in [0.25, 0.3) is 92.4 Å². The summed E-state index contributed by atoms with van der Waals surface area (Å²) >= 11 is 1.85. The molecule has 1 nitrogen and oxygen atoms in total. The zero-order valence-corrected chi connectivity index (χ0v) is 34.2. The van der Waals surface area contributed by atoms with Gasteiger partial charge in [-0.05, 0) is 138 Å². The zero-order chi connectivity index (χ0) is 39.6. The molecule has 0 fully saturated rings. The second-order valence-corrected chi connectivity index (χ2v) is 17.5. The molecule has 60 heavy (non-hydrogen) atoms. The molecule has 3 aliphatic rings. The van der Waals surface area contributed by atoms with E-state index >= 15 is 0 Å². The van der Waals surface area contributed by atoms with Gasteiger partial charge < -0.3 is 4.57 Å². The van der Waals surface area contributed by atoms with Gasteiger partial charge in [-0.25, -0.2) is 0 Å². The average molecular weight is 786 g/mol. The molecule has 0 N–H and O–H groups in total. The number of hydrogen-bond acceptors (Lipinski definition) is 1. The Labute approximate surface area is 354 Å². The number of para-hydroxylation sites is 1. The maximum atomic E-state index is 2.60. The molecule has 2 atom stereocenters. The molecule has 12 rings (SSSR count). The summed E-state index contributed by atoms with van der Waals surface area (Å²) in [7, 11) is 0. The second-order valence-electron chi connectivity index (χ2n) is 16.6. The fraction of sp³-hybridized carbons (Fsp3) is 0.103. The van der Waals surface area contributed by atoms with Crippen LogP contribution in [0.5, 0.6) is 0 Å². The van der Waals surface area contributed by atoms with E-state index in [1.807, 2.05) is 11.3 Å². The summed E-state index contributed by atoms with van der Waals surface area (Å²) in [6.45, 7) is 0. The van der Waals surface area contributed by atoms with Crippen LogP contribution in [0.1, 0.15) is 37.3 Å². The van der Waals surface area contributed by atoms with E-state index in [0.717, 1.165) is 25.7 Å². The number of nitrogens with zero attached hydrogens (tertiary/aromatic N) is 1. The largest absolute Gasteiger partial charge is 0.333 e. The van der Waals surface area contributed by atoms with Crippen molar-refractivity contribution in [2.45, 2.75) is 31.7 Å². The minimum Gasteiger partial charge on any atom is -0.333 e. The predicted octanol–water partition coefficient (Wildman–Crippen LogP) is 16.6. The van der Waals surface area contributed by atoms with E-state index in [9.17, 15) is 0 Å². The molecule has 2 heteroatoms. The molecule has 0 amide bonds. The quantitative estimate of drug-likeness (QED) is 0.148. The number of rotatable bonds is 6. The van der Waals surface area contributed by atoms with Crippen LogP contribution in [0.15, 0.2) is 205 Å². The minimum atomic E-state index is 0.233. The lowest BCUT2D eigenvalue weighted by Crippen LogP contribution is -2.10. The van der Waals surface area contributed by atoms with E-state index in [2.05, 4.69) is 204 Å². The van der Waals surface area contributed by atoms with E-state index < -0.39 is 0 Å². The van der Waals surface area contributed by atoms with Gasteiger partial charge in [0.25, 0.3) is 0 Å². The molecule has 3 aliphatic carbocycles.